The van der Waals surface area contributed by atoms with E-state index in [1.165, 1.54) is 11.1 Å². The first-order chi connectivity index (χ1) is 11.3. The van der Waals surface area contributed by atoms with Crippen LogP contribution in [0.1, 0.15) is 47.8 Å². The molecule has 0 aliphatic heterocycles. The normalized spacial score (nSPS) is 11.2. The summed E-state index contributed by atoms with van der Waals surface area (Å²) in [7, 11) is 0. The molecule has 3 heteroatoms. The monoisotopic (exact) mass is 325 g/mol. The lowest BCUT2D eigenvalue weighted by Crippen LogP contribution is -2.28. The Morgan fingerprint density at radius 1 is 1.00 bits per heavy atom. The SMILES string of the molecule is Cc1ccc(C(=O)NCCOc2ccc(C(C)(C)C)cc2)cc1C. The second-order valence-electron chi connectivity index (χ2n) is 7.18. The molecular weight excluding hydrogens is 298 g/mol. The molecule has 0 aliphatic carbocycles. The predicted octanol–water partition coefficient (Wildman–Crippen LogP) is 4.41. The third kappa shape index (κ3) is 4.85. The fourth-order valence-electron chi connectivity index (χ4n) is 2.37. The summed E-state index contributed by atoms with van der Waals surface area (Å²) in [6, 6.07) is 13.9. The molecule has 0 saturated carbocycles. The highest BCUT2D eigenvalue weighted by Gasteiger charge is 2.13. The van der Waals surface area contributed by atoms with E-state index in [1.807, 2.05) is 44.2 Å². The molecule has 0 saturated heterocycles. The van der Waals surface area contributed by atoms with Gasteiger partial charge in [-0.1, -0.05) is 39.0 Å². The van der Waals surface area contributed by atoms with Crippen LogP contribution in [-0.2, 0) is 5.41 Å². The van der Waals surface area contributed by atoms with Crippen LogP contribution in [0.3, 0.4) is 0 Å². The Labute approximate surface area is 145 Å². The van der Waals surface area contributed by atoms with Crippen LogP contribution in [0.25, 0.3) is 0 Å². The van der Waals surface area contributed by atoms with E-state index in [-0.39, 0.29) is 11.3 Å². The summed E-state index contributed by atoms with van der Waals surface area (Å²) < 4.78 is 5.69. The van der Waals surface area contributed by atoms with Gasteiger partial charge in [-0.15, -0.1) is 0 Å². The first-order valence-corrected chi connectivity index (χ1v) is 8.36. The van der Waals surface area contributed by atoms with Crippen LogP contribution >= 0.6 is 0 Å². The summed E-state index contributed by atoms with van der Waals surface area (Å²) in [5.74, 6) is 0.758. The maximum absolute atomic E-state index is 12.1. The minimum absolute atomic E-state index is 0.0650. The van der Waals surface area contributed by atoms with Gasteiger partial charge in [-0.2, -0.15) is 0 Å². The molecule has 24 heavy (non-hydrogen) atoms. The first kappa shape index (κ1) is 18.1. The quantitative estimate of drug-likeness (QED) is 0.827. The molecule has 1 amide bonds. The van der Waals surface area contributed by atoms with Crippen molar-refractivity contribution in [1.29, 1.82) is 0 Å². The van der Waals surface area contributed by atoms with E-state index >= 15 is 0 Å². The van der Waals surface area contributed by atoms with E-state index < -0.39 is 0 Å². The van der Waals surface area contributed by atoms with Crippen molar-refractivity contribution in [1.82, 2.24) is 5.32 Å². The Morgan fingerprint density at radius 2 is 1.67 bits per heavy atom. The van der Waals surface area contributed by atoms with Crippen molar-refractivity contribution in [3.8, 4) is 5.75 Å². The molecule has 128 valence electrons. The number of nitrogens with one attached hydrogen (secondary N) is 1. The van der Waals surface area contributed by atoms with Gasteiger partial charge in [0, 0.05) is 5.56 Å². The number of amides is 1. The van der Waals surface area contributed by atoms with Crippen molar-refractivity contribution in [3.63, 3.8) is 0 Å². The second-order valence-corrected chi connectivity index (χ2v) is 7.18. The third-order valence-electron chi connectivity index (χ3n) is 4.15. The number of benzene rings is 2. The van der Waals surface area contributed by atoms with E-state index in [4.69, 9.17) is 4.74 Å². The van der Waals surface area contributed by atoms with Gasteiger partial charge < -0.3 is 10.1 Å². The van der Waals surface area contributed by atoms with Gasteiger partial charge in [0.05, 0.1) is 6.54 Å². The molecule has 0 fully saturated rings. The fraction of sp³-hybridized carbons (Fsp3) is 0.381. The van der Waals surface area contributed by atoms with Crippen LogP contribution in [-0.4, -0.2) is 19.1 Å². The van der Waals surface area contributed by atoms with Gasteiger partial charge in [-0.3, -0.25) is 4.79 Å². The average molecular weight is 325 g/mol. The van der Waals surface area contributed by atoms with Gasteiger partial charge in [0.25, 0.3) is 5.91 Å². The third-order valence-corrected chi connectivity index (χ3v) is 4.15. The van der Waals surface area contributed by atoms with Gasteiger partial charge in [0.15, 0.2) is 0 Å². The topological polar surface area (TPSA) is 38.3 Å². The zero-order valence-electron chi connectivity index (χ0n) is 15.3. The number of hydrogen-bond donors (Lipinski definition) is 1. The predicted molar refractivity (Wildman–Crippen MR) is 98.9 cm³/mol. The van der Waals surface area contributed by atoms with Crippen molar-refractivity contribution in [2.75, 3.05) is 13.2 Å². The number of aryl methyl sites for hydroxylation is 2. The van der Waals surface area contributed by atoms with Crippen molar-refractivity contribution < 1.29 is 9.53 Å². The fourth-order valence-corrected chi connectivity index (χ4v) is 2.37. The molecule has 2 rings (SSSR count). The molecule has 0 unspecified atom stereocenters. The molecule has 1 N–H and O–H groups in total. The molecule has 2 aromatic rings. The zero-order chi connectivity index (χ0) is 17.7. The van der Waals surface area contributed by atoms with Gasteiger partial charge in [0.1, 0.15) is 12.4 Å². The van der Waals surface area contributed by atoms with E-state index in [9.17, 15) is 4.79 Å². The lowest BCUT2D eigenvalue weighted by atomic mass is 9.87. The second kappa shape index (κ2) is 7.52. The summed E-state index contributed by atoms with van der Waals surface area (Å²) >= 11 is 0. The summed E-state index contributed by atoms with van der Waals surface area (Å²) in [5.41, 5.74) is 4.41. The molecule has 0 spiro atoms. The Hall–Kier alpha value is -2.29. The van der Waals surface area contributed by atoms with Gasteiger partial charge in [-0.25, -0.2) is 0 Å². The van der Waals surface area contributed by atoms with E-state index in [1.54, 1.807) is 0 Å². The van der Waals surface area contributed by atoms with Crippen LogP contribution in [0.4, 0.5) is 0 Å². The summed E-state index contributed by atoms with van der Waals surface area (Å²) in [4.78, 5) is 12.1. The highest BCUT2D eigenvalue weighted by molar-refractivity contribution is 5.94. The van der Waals surface area contributed by atoms with E-state index in [0.29, 0.717) is 18.7 Å². The average Bonchev–Trinajstić information content (AvgIpc) is 2.53. The molecule has 0 heterocycles. The number of rotatable bonds is 5. The summed E-state index contributed by atoms with van der Waals surface area (Å²) in [6.07, 6.45) is 0. The number of carbonyl (C=O) groups excluding carboxylic acids is 1. The number of ether oxygens (including phenoxy) is 1. The smallest absolute Gasteiger partial charge is 0.251 e. The Morgan fingerprint density at radius 3 is 2.25 bits per heavy atom. The number of carbonyl (C=O) groups is 1. The standard InChI is InChI=1S/C21H27NO2/c1-15-6-7-17(14-16(15)2)20(23)22-12-13-24-19-10-8-18(9-11-19)21(3,4)5/h6-11,14H,12-13H2,1-5H3,(H,22,23). The summed E-state index contributed by atoms with van der Waals surface area (Å²) in [5, 5.41) is 2.89. The van der Waals surface area contributed by atoms with Crippen LogP contribution in [0.15, 0.2) is 42.5 Å². The maximum atomic E-state index is 12.1. The first-order valence-electron chi connectivity index (χ1n) is 8.36. The number of hydrogen-bond acceptors (Lipinski definition) is 2. The molecule has 0 aromatic heterocycles. The highest BCUT2D eigenvalue weighted by atomic mass is 16.5. The lowest BCUT2D eigenvalue weighted by molar-refractivity contribution is 0.0947. The molecule has 2 aromatic carbocycles. The maximum Gasteiger partial charge on any atom is 0.251 e. The molecule has 0 aliphatic rings. The lowest BCUT2D eigenvalue weighted by Gasteiger charge is -2.19. The molecular formula is C21H27NO2. The molecule has 0 radical (unpaired) electrons. The van der Waals surface area contributed by atoms with Crippen LogP contribution < -0.4 is 10.1 Å². The van der Waals surface area contributed by atoms with Crippen LogP contribution in [0.5, 0.6) is 5.75 Å². The Bertz CT molecular complexity index is 697. The van der Waals surface area contributed by atoms with Crippen molar-refractivity contribution in [2.24, 2.45) is 0 Å². The van der Waals surface area contributed by atoms with Gasteiger partial charge in [0.2, 0.25) is 0 Å². The van der Waals surface area contributed by atoms with Gasteiger partial charge in [-0.05, 0) is 60.2 Å². The van der Waals surface area contributed by atoms with Crippen molar-refractivity contribution >= 4 is 5.91 Å². The van der Waals surface area contributed by atoms with Crippen molar-refractivity contribution in [3.05, 3.63) is 64.7 Å². The van der Waals surface area contributed by atoms with Gasteiger partial charge >= 0.3 is 0 Å². The zero-order valence-corrected chi connectivity index (χ0v) is 15.3. The van der Waals surface area contributed by atoms with E-state index in [0.717, 1.165) is 11.3 Å². The molecule has 3 nitrogen and oxygen atoms in total. The van der Waals surface area contributed by atoms with E-state index in [2.05, 4.69) is 38.2 Å². The van der Waals surface area contributed by atoms with Crippen LogP contribution in [0.2, 0.25) is 0 Å². The Kier molecular flexibility index (Phi) is 5.66. The Balaban J connectivity index is 1.80. The highest BCUT2D eigenvalue weighted by Crippen LogP contribution is 2.24. The minimum atomic E-state index is -0.0650. The molecule has 0 atom stereocenters. The minimum Gasteiger partial charge on any atom is -0.492 e. The summed E-state index contributed by atoms with van der Waals surface area (Å²) in [6.45, 7) is 11.5. The van der Waals surface area contributed by atoms with Crippen LogP contribution in [0, 0.1) is 13.8 Å². The molecule has 0 bridgehead atoms. The van der Waals surface area contributed by atoms with Crippen molar-refractivity contribution in [2.45, 2.75) is 40.0 Å². The largest absolute Gasteiger partial charge is 0.492 e.